The van der Waals surface area contributed by atoms with Crippen molar-refractivity contribution in [2.75, 3.05) is 33.5 Å². The standard InChI is InChI=1S/C27H31NO4/c1-29-21-11-12-23-19(16-21)6-4-8-22(23)20-17-31-27(32-18-20)10-5-14-28-25-13-15-30-26-9-3-2-7-24(25)26/h2-4,6-9,11-12,16,20,25,27-28H,5,10,13-15,17-18H2,1H3. The maximum Gasteiger partial charge on any atom is 0.157 e. The van der Waals surface area contributed by atoms with E-state index in [4.69, 9.17) is 18.9 Å². The lowest BCUT2D eigenvalue weighted by Crippen LogP contribution is -2.32. The highest BCUT2D eigenvalue weighted by Crippen LogP contribution is 2.33. The minimum absolute atomic E-state index is 0.120. The lowest BCUT2D eigenvalue weighted by atomic mass is 9.94. The van der Waals surface area contributed by atoms with Crippen LogP contribution in [0.5, 0.6) is 11.5 Å². The van der Waals surface area contributed by atoms with Crippen molar-refractivity contribution in [2.24, 2.45) is 0 Å². The van der Waals surface area contributed by atoms with Gasteiger partial charge in [0.05, 0.1) is 26.9 Å². The van der Waals surface area contributed by atoms with Gasteiger partial charge in [-0.05, 0) is 53.9 Å². The number of ether oxygens (including phenoxy) is 4. The van der Waals surface area contributed by atoms with E-state index in [0.29, 0.717) is 19.3 Å². The van der Waals surface area contributed by atoms with Crippen molar-refractivity contribution in [1.29, 1.82) is 0 Å². The zero-order valence-corrected chi connectivity index (χ0v) is 18.6. The summed E-state index contributed by atoms with van der Waals surface area (Å²) in [5.41, 5.74) is 2.54. The van der Waals surface area contributed by atoms with Gasteiger partial charge in [0.15, 0.2) is 6.29 Å². The molecule has 32 heavy (non-hydrogen) atoms. The zero-order valence-electron chi connectivity index (χ0n) is 18.6. The van der Waals surface area contributed by atoms with Gasteiger partial charge < -0.3 is 24.3 Å². The molecule has 5 rings (SSSR count). The second kappa shape index (κ2) is 9.90. The molecule has 1 atom stereocenters. The summed E-state index contributed by atoms with van der Waals surface area (Å²) in [6.07, 6.45) is 2.80. The number of methoxy groups -OCH3 is 1. The second-order valence-corrected chi connectivity index (χ2v) is 8.55. The number of nitrogens with one attached hydrogen (secondary N) is 1. The van der Waals surface area contributed by atoms with Gasteiger partial charge in [-0.15, -0.1) is 0 Å². The molecule has 3 aromatic rings. The van der Waals surface area contributed by atoms with Gasteiger partial charge in [-0.25, -0.2) is 0 Å². The molecule has 0 aromatic heterocycles. The average Bonchev–Trinajstić information content (AvgIpc) is 2.86. The van der Waals surface area contributed by atoms with E-state index in [1.165, 1.54) is 21.9 Å². The topological polar surface area (TPSA) is 49.0 Å². The van der Waals surface area contributed by atoms with Crippen LogP contribution in [0.3, 0.4) is 0 Å². The summed E-state index contributed by atoms with van der Waals surface area (Å²) in [5.74, 6) is 2.14. The quantitative estimate of drug-likeness (QED) is 0.519. The van der Waals surface area contributed by atoms with Crippen LogP contribution in [0, 0.1) is 0 Å². The third-order valence-corrected chi connectivity index (χ3v) is 6.49. The van der Waals surface area contributed by atoms with E-state index in [1.54, 1.807) is 7.11 Å². The summed E-state index contributed by atoms with van der Waals surface area (Å²) in [4.78, 5) is 0. The molecule has 1 fully saturated rings. The van der Waals surface area contributed by atoms with Crippen LogP contribution in [0.4, 0.5) is 0 Å². The molecule has 2 heterocycles. The highest BCUT2D eigenvalue weighted by atomic mass is 16.7. The Hall–Kier alpha value is -2.60. The van der Waals surface area contributed by atoms with E-state index in [2.05, 4.69) is 53.8 Å². The molecule has 0 saturated carbocycles. The third-order valence-electron chi connectivity index (χ3n) is 6.49. The van der Waals surface area contributed by atoms with E-state index >= 15 is 0 Å². The number of rotatable bonds is 7. The fourth-order valence-electron chi connectivity index (χ4n) is 4.76. The summed E-state index contributed by atoms with van der Waals surface area (Å²) >= 11 is 0. The third kappa shape index (κ3) is 4.60. The Balaban J connectivity index is 1.10. The Morgan fingerprint density at radius 1 is 0.969 bits per heavy atom. The van der Waals surface area contributed by atoms with E-state index in [0.717, 1.165) is 43.9 Å². The van der Waals surface area contributed by atoms with Crippen LogP contribution >= 0.6 is 0 Å². The van der Waals surface area contributed by atoms with Gasteiger partial charge in [0.1, 0.15) is 11.5 Å². The smallest absolute Gasteiger partial charge is 0.157 e. The van der Waals surface area contributed by atoms with Crippen LogP contribution in [0.1, 0.15) is 42.3 Å². The molecule has 1 N–H and O–H groups in total. The first-order chi connectivity index (χ1) is 15.8. The molecule has 1 unspecified atom stereocenters. The van der Waals surface area contributed by atoms with Crippen molar-refractivity contribution in [2.45, 2.75) is 37.5 Å². The van der Waals surface area contributed by atoms with Crippen molar-refractivity contribution in [3.63, 3.8) is 0 Å². The molecule has 1 saturated heterocycles. The van der Waals surface area contributed by atoms with Crippen LogP contribution in [0.25, 0.3) is 10.8 Å². The van der Waals surface area contributed by atoms with Gasteiger partial charge in [-0.3, -0.25) is 0 Å². The Bertz CT molecular complexity index is 1040. The molecular formula is C27H31NO4. The number of fused-ring (bicyclic) bond motifs is 2. The lowest BCUT2D eigenvalue weighted by Gasteiger charge is -2.31. The molecular weight excluding hydrogens is 402 g/mol. The number of hydrogen-bond donors (Lipinski definition) is 1. The largest absolute Gasteiger partial charge is 0.497 e. The normalized spacial score (nSPS) is 22.8. The van der Waals surface area contributed by atoms with Gasteiger partial charge >= 0.3 is 0 Å². The molecule has 0 amide bonds. The molecule has 5 nitrogen and oxygen atoms in total. The summed E-state index contributed by atoms with van der Waals surface area (Å²) in [6, 6.07) is 21.3. The SMILES string of the molecule is COc1ccc2c(C3COC(CCCNC4CCOc5ccccc54)OC3)cccc2c1. The summed E-state index contributed by atoms with van der Waals surface area (Å²) in [7, 11) is 1.70. The van der Waals surface area contributed by atoms with Gasteiger partial charge in [-0.1, -0.05) is 42.5 Å². The van der Waals surface area contributed by atoms with Gasteiger partial charge in [-0.2, -0.15) is 0 Å². The van der Waals surface area contributed by atoms with Gasteiger partial charge in [0, 0.05) is 23.9 Å². The molecule has 168 valence electrons. The summed E-state index contributed by atoms with van der Waals surface area (Å²) in [5, 5.41) is 6.11. The van der Waals surface area contributed by atoms with Crippen molar-refractivity contribution in [3.05, 3.63) is 71.8 Å². The molecule has 0 spiro atoms. The Morgan fingerprint density at radius 2 is 1.81 bits per heavy atom. The Kier molecular flexibility index (Phi) is 6.58. The zero-order chi connectivity index (χ0) is 21.8. The minimum Gasteiger partial charge on any atom is -0.497 e. The lowest BCUT2D eigenvalue weighted by molar-refractivity contribution is -0.189. The maximum atomic E-state index is 6.09. The van der Waals surface area contributed by atoms with E-state index < -0.39 is 0 Å². The fourth-order valence-corrected chi connectivity index (χ4v) is 4.76. The number of hydrogen-bond acceptors (Lipinski definition) is 5. The monoisotopic (exact) mass is 433 g/mol. The van der Waals surface area contributed by atoms with E-state index in [-0.39, 0.29) is 12.2 Å². The Labute approximate surface area is 189 Å². The molecule has 0 aliphatic carbocycles. The predicted molar refractivity (Wildman–Crippen MR) is 125 cm³/mol. The first-order valence-corrected chi connectivity index (χ1v) is 11.6. The molecule has 5 heteroatoms. The van der Waals surface area contributed by atoms with Crippen LogP contribution < -0.4 is 14.8 Å². The maximum absolute atomic E-state index is 6.09. The molecule has 0 radical (unpaired) electrons. The molecule has 2 aliphatic heterocycles. The van der Waals surface area contributed by atoms with Crippen molar-refractivity contribution in [1.82, 2.24) is 5.32 Å². The minimum atomic E-state index is -0.120. The molecule has 0 bridgehead atoms. The van der Waals surface area contributed by atoms with Crippen molar-refractivity contribution < 1.29 is 18.9 Å². The van der Waals surface area contributed by atoms with Crippen molar-refractivity contribution >= 4 is 10.8 Å². The highest BCUT2D eigenvalue weighted by Gasteiger charge is 2.25. The van der Waals surface area contributed by atoms with Crippen molar-refractivity contribution in [3.8, 4) is 11.5 Å². The number of para-hydroxylation sites is 1. The molecule has 3 aromatic carbocycles. The highest BCUT2D eigenvalue weighted by molar-refractivity contribution is 5.87. The van der Waals surface area contributed by atoms with E-state index in [1.807, 2.05) is 12.1 Å². The summed E-state index contributed by atoms with van der Waals surface area (Å²) in [6.45, 7) is 3.09. The summed E-state index contributed by atoms with van der Waals surface area (Å²) < 4.78 is 23.3. The van der Waals surface area contributed by atoms with Crippen LogP contribution in [0.2, 0.25) is 0 Å². The second-order valence-electron chi connectivity index (χ2n) is 8.55. The fraction of sp³-hybridized carbons (Fsp3) is 0.407. The number of benzene rings is 3. The van der Waals surface area contributed by atoms with Gasteiger partial charge in [0.2, 0.25) is 0 Å². The van der Waals surface area contributed by atoms with Crippen LogP contribution in [-0.2, 0) is 9.47 Å². The van der Waals surface area contributed by atoms with E-state index in [9.17, 15) is 0 Å². The van der Waals surface area contributed by atoms with Gasteiger partial charge in [0.25, 0.3) is 0 Å². The predicted octanol–water partition coefficient (Wildman–Crippen LogP) is 5.20. The first kappa shape index (κ1) is 21.3. The van der Waals surface area contributed by atoms with Crippen LogP contribution in [0.15, 0.2) is 60.7 Å². The average molecular weight is 434 g/mol. The van der Waals surface area contributed by atoms with Crippen LogP contribution in [-0.4, -0.2) is 39.8 Å². The Morgan fingerprint density at radius 3 is 2.69 bits per heavy atom. The molecule has 2 aliphatic rings. The first-order valence-electron chi connectivity index (χ1n) is 11.6.